The van der Waals surface area contributed by atoms with Crippen LogP contribution in [0.5, 0.6) is 0 Å². The van der Waals surface area contributed by atoms with Crippen molar-refractivity contribution < 1.29 is 17.1 Å². The molecule has 7 rings (SSSR count). The van der Waals surface area contributed by atoms with Crippen LogP contribution in [0.3, 0.4) is 0 Å². The van der Waals surface area contributed by atoms with E-state index in [4.69, 9.17) is 0 Å². The van der Waals surface area contributed by atoms with Crippen LogP contribution < -0.4 is 26.5 Å². The van der Waals surface area contributed by atoms with Gasteiger partial charge in [-0.1, -0.05) is 158 Å². The molecule has 0 saturated heterocycles. The fourth-order valence-electron chi connectivity index (χ4n) is 5.75. The smallest absolute Gasteiger partial charge is 0.214 e. The first-order valence-electron chi connectivity index (χ1n) is 15.1. The van der Waals surface area contributed by atoms with Crippen molar-refractivity contribution in [3.8, 4) is 11.1 Å². The number of benzene rings is 5. The second-order valence-electron chi connectivity index (χ2n) is 10.6. The maximum atomic E-state index is 2.42. The fraction of sp³-hybridized carbons (Fsp3) is 0.0476. The van der Waals surface area contributed by atoms with Crippen molar-refractivity contribution in [2.45, 2.75) is 12.6 Å². The molecular weight excluding hydrogens is 622 g/mol. The van der Waals surface area contributed by atoms with Crippen molar-refractivity contribution in [2.75, 3.05) is 0 Å². The third-order valence-corrected chi connectivity index (χ3v) is 13.0. The summed E-state index contributed by atoms with van der Waals surface area (Å²) in [5.74, 6) is 0. The Balaban J connectivity index is 0.000000609. The van der Waals surface area contributed by atoms with E-state index < -0.39 is 15.8 Å². The summed E-state index contributed by atoms with van der Waals surface area (Å²) in [5, 5.41) is 7.00. The first-order valence-corrected chi connectivity index (χ1v) is 17.9. The molecule has 0 spiro atoms. The summed E-state index contributed by atoms with van der Waals surface area (Å²) in [4.78, 5) is 0. The molecule has 0 amide bonds. The van der Waals surface area contributed by atoms with Crippen LogP contribution >= 0.6 is 15.8 Å². The predicted molar refractivity (Wildman–Crippen MR) is 196 cm³/mol. The van der Waals surface area contributed by atoms with Gasteiger partial charge in [-0.05, 0) is 48.0 Å². The average Bonchev–Trinajstić information content (AvgIpc) is 3.84. The van der Waals surface area contributed by atoms with Crippen molar-refractivity contribution >= 4 is 42.4 Å². The third-order valence-electron chi connectivity index (χ3n) is 7.78. The monoisotopic (exact) mass is 658 g/mol. The molecule has 0 N–H and O–H groups in total. The van der Waals surface area contributed by atoms with Gasteiger partial charge in [-0.3, -0.25) is 0 Å². The van der Waals surface area contributed by atoms with Gasteiger partial charge in [-0.25, -0.2) is 12.1 Å². The molecule has 0 heterocycles. The van der Waals surface area contributed by atoms with Crippen molar-refractivity contribution in [3.05, 3.63) is 200 Å². The summed E-state index contributed by atoms with van der Waals surface area (Å²) >= 11 is 0. The van der Waals surface area contributed by atoms with Gasteiger partial charge < -0.3 is 0 Å². The molecule has 7 aromatic rings. The molecular formula is C42H36FeP2. The van der Waals surface area contributed by atoms with E-state index in [1.165, 1.54) is 43.2 Å². The van der Waals surface area contributed by atoms with E-state index in [2.05, 4.69) is 171 Å². The van der Waals surface area contributed by atoms with E-state index in [-0.39, 0.29) is 17.1 Å². The summed E-state index contributed by atoms with van der Waals surface area (Å²) in [6.45, 7) is 2.42. The Hall–Kier alpha value is -3.82. The largest absolute Gasteiger partial charge is 2.00 e. The molecule has 222 valence electrons. The Morgan fingerprint density at radius 2 is 0.889 bits per heavy atom. The van der Waals surface area contributed by atoms with Gasteiger partial charge in [0.1, 0.15) is 0 Å². The molecule has 0 aromatic heterocycles. The minimum atomic E-state index is -0.701. The van der Waals surface area contributed by atoms with Gasteiger partial charge in [-0.2, -0.15) is 47.5 Å². The normalized spacial score (nSPS) is 11.4. The molecule has 3 heteroatoms. The minimum absolute atomic E-state index is 0. The first-order chi connectivity index (χ1) is 21.8. The first kappa shape index (κ1) is 32.6. The summed E-state index contributed by atoms with van der Waals surface area (Å²) < 4.78 is 0. The van der Waals surface area contributed by atoms with E-state index in [9.17, 15) is 0 Å². The van der Waals surface area contributed by atoms with Crippen molar-refractivity contribution in [3.63, 3.8) is 0 Å². The molecule has 7 aromatic carbocycles. The van der Waals surface area contributed by atoms with Gasteiger partial charge in [0.15, 0.2) is 0 Å². The Kier molecular flexibility index (Phi) is 11.9. The van der Waals surface area contributed by atoms with Crippen LogP contribution in [0.4, 0.5) is 0 Å². The molecule has 1 atom stereocenters. The minimum Gasteiger partial charge on any atom is -0.214 e. The van der Waals surface area contributed by atoms with Crippen LogP contribution in [0.2, 0.25) is 0 Å². The Morgan fingerprint density at radius 3 is 1.36 bits per heavy atom. The van der Waals surface area contributed by atoms with Crippen LogP contribution in [0, 0.1) is 0 Å². The van der Waals surface area contributed by atoms with Gasteiger partial charge in [0.2, 0.25) is 0 Å². The van der Waals surface area contributed by atoms with Crippen LogP contribution in [0.1, 0.15) is 18.1 Å². The number of hydrogen-bond acceptors (Lipinski definition) is 0. The maximum absolute atomic E-state index is 2.42. The van der Waals surface area contributed by atoms with Gasteiger partial charge in [0.05, 0.1) is 0 Å². The quantitative estimate of drug-likeness (QED) is 0.0868. The van der Waals surface area contributed by atoms with E-state index in [0.717, 1.165) is 0 Å². The second kappa shape index (κ2) is 16.5. The van der Waals surface area contributed by atoms with Gasteiger partial charge in [0.25, 0.3) is 0 Å². The topological polar surface area (TPSA) is 0 Å². The maximum Gasteiger partial charge on any atom is 2.00 e. The van der Waals surface area contributed by atoms with E-state index in [1.54, 1.807) is 0 Å². The summed E-state index contributed by atoms with van der Waals surface area (Å²) in [6.07, 6.45) is 0. The molecule has 0 aliphatic heterocycles. The van der Waals surface area contributed by atoms with E-state index in [0.29, 0.717) is 5.66 Å². The number of rotatable bonds is 8. The molecule has 0 unspecified atom stereocenters. The fourth-order valence-corrected chi connectivity index (χ4v) is 10.9. The second-order valence-corrected chi connectivity index (χ2v) is 15.3. The Morgan fingerprint density at radius 1 is 0.444 bits per heavy atom. The van der Waals surface area contributed by atoms with E-state index in [1.807, 2.05) is 30.3 Å². The molecule has 0 aliphatic carbocycles. The van der Waals surface area contributed by atoms with Gasteiger partial charge >= 0.3 is 17.1 Å². The summed E-state index contributed by atoms with van der Waals surface area (Å²) in [7, 11) is -1.28. The molecule has 0 radical (unpaired) electrons. The Bertz CT molecular complexity index is 1720. The Labute approximate surface area is 281 Å². The third kappa shape index (κ3) is 7.89. The van der Waals surface area contributed by atoms with E-state index >= 15 is 0 Å². The molecule has 45 heavy (non-hydrogen) atoms. The molecule has 0 aliphatic rings. The van der Waals surface area contributed by atoms with Crippen LogP contribution in [0.25, 0.3) is 11.1 Å². The molecule has 0 saturated carbocycles. The predicted octanol–water partition coefficient (Wildman–Crippen LogP) is 9.43. The molecule has 0 bridgehead atoms. The molecule has 0 fully saturated rings. The zero-order chi connectivity index (χ0) is 30.0. The SMILES string of the molecule is C[C@H](c1c[cH-]cc1-c1ccccc1P(c1ccccc1)c1ccccc1)P(c1ccccc1)c1ccccc1.[Fe+2].c1cc[cH-]c1. The van der Waals surface area contributed by atoms with Gasteiger partial charge in [-0.15, -0.1) is 0 Å². The summed E-state index contributed by atoms with van der Waals surface area (Å²) in [5.41, 5.74) is 4.50. The van der Waals surface area contributed by atoms with Crippen molar-refractivity contribution in [1.82, 2.24) is 0 Å². The zero-order valence-electron chi connectivity index (χ0n) is 25.3. The van der Waals surface area contributed by atoms with Crippen molar-refractivity contribution in [2.24, 2.45) is 0 Å². The zero-order valence-corrected chi connectivity index (χ0v) is 28.2. The average molecular weight is 659 g/mol. The molecule has 0 nitrogen and oxygen atoms in total. The van der Waals surface area contributed by atoms with Crippen LogP contribution in [-0.4, -0.2) is 0 Å². The standard InChI is InChI=1S/C37H31P2.C5H5.Fe/c1-29(38(30-17-6-2-7-18-30)31-19-8-3-9-20-31)34-26-16-27-35(34)36-25-14-15-28-37(36)39(32-21-10-4-11-22-32)33-23-12-5-13-24-33;1-2-4-5-3-1;/h2-29H,1H3;1-5H;/q2*-1;+2/t29-;;/m1../s1. The van der Waals surface area contributed by atoms with Crippen molar-refractivity contribution in [1.29, 1.82) is 0 Å². The van der Waals surface area contributed by atoms with Crippen LogP contribution in [0.15, 0.2) is 194 Å². The summed E-state index contributed by atoms with van der Waals surface area (Å²) in [6, 6.07) is 70.2. The number of hydrogen-bond donors (Lipinski definition) is 0. The van der Waals surface area contributed by atoms with Crippen LogP contribution in [-0.2, 0) is 17.1 Å². The van der Waals surface area contributed by atoms with Gasteiger partial charge in [0, 0.05) is 0 Å².